The summed E-state index contributed by atoms with van der Waals surface area (Å²) in [6.07, 6.45) is -4.77. The Morgan fingerprint density at radius 3 is 2.11 bits per heavy atom. The van der Waals surface area contributed by atoms with Gasteiger partial charge in [-0.1, -0.05) is 30.3 Å². The lowest BCUT2D eigenvalue weighted by Crippen LogP contribution is -2.62. The fraction of sp³-hybridized carbons (Fsp3) is 0.526. The third kappa shape index (κ3) is 5.51. The van der Waals surface area contributed by atoms with Crippen molar-refractivity contribution in [1.29, 1.82) is 0 Å². The van der Waals surface area contributed by atoms with E-state index in [0.717, 1.165) is 5.56 Å². The van der Waals surface area contributed by atoms with Crippen LogP contribution in [0.5, 0.6) is 0 Å². The molecule has 148 valence electrons. The largest absolute Gasteiger partial charge is 0.467 e. The smallest absolute Gasteiger partial charge is 0.339 e. The molecule has 0 radical (unpaired) electrons. The first-order chi connectivity index (χ1) is 12.8. The minimum absolute atomic E-state index is 0.168. The highest BCUT2D eigenvalue weighted by Gasteiger charge is 2.52. The van der Waals surface area contributed by atoms with Gasteiger partial charge in [0.05, 0.1) is 19.8 Å². The molecule has 0 aliphatic carbocycles. The molecule has 1 fully saturated rings. The van der Waals surface area contributed by atoms with Gasteiger partial charge < -0.3 is 23.7 Å². The SMILES string of the molecule is COC(=O)C1O[C@@H](C)[C@@H](OC(C)=O)[C@H](OCc2ccccc2)[C@H]1OC(C)=O. The van der Waals surface area contributed by atoms with E-state index < -0.39 is 48.4 Å². The Labute approximate surface area is 157 Å². The second-order valence-corrected chi connectivity index (χ2v) is 6.19. The first kappa shape index (κ1) is 20.9. The molecule has 0 saturated carbocycles. The molecule has 1 heterocycles. The van der Waals surface area contributed by atoms with Crippen LogP contribution in [0.1, 0.15) is 26.3 Å². The summed E-state index contributed by atoms with van der Waals surface area (Å²) in [5, 5.41) is 0. The van der Waals surface area contributed by atoms with Crippen molar-refractivity contribution in [2.45, 2.75) is 57.9 Å². The van der Waals surface area contributed by atoms with Gasteiger partial charge in [-0.15, -0.1) is 0 Å². The molecule has 27 heavy (non-hydrogen) atoms. The van der Waals surface area contributed by atoms with Crippen molar-refractivity contribution in [3.63, 3.8) is 0 Å². The summed E-state index contributed by atoms with van der Waals surface area (Å²) in [6, 6.07) is 9.31. The Kier molecular flexibility index (Phi) is 7.32. The van der Waals surface area contributed by atoms with Gasteiger partial charge in [0.15, 0.2) is 18.3 Å². The standard InChI is InChI=1S/C19H24O8/c1-11-15(26-12(2)20)16(24-10-14-8-6-5-7-9-14)17(27-13(3)21)18(25-11)19(22)23-4/h5-9,11,15-18H,10H2,1-4H3/t11-,15+,16-,17+,18?/m0/s1. The summed E-state index contributed by atoms with van der Waals surface area (Å²) >= 11 is 0. The number of esters is 3. The van der Waals surface area contributed by atoms with E-state index in [4.69, 9.17) is 23.7 Å². The highest BCUT2D eigenvalue weighted by atomic mass is 16.6. The molecule has 1 aromatic carbocycles. The van der Waals surface area contributed by atoms with Crippen LogP contribution in [0.15, 0.2) is 30.3 Å². The molecular weight excluding hydrogens is 356 g/mol. The van der Waals surface area contributed by atoms with E-state index in [1.165, 1.54) is 21.0 Å². The van der Waals surface area contributed by atoms with Gasteiger partial charge in [0.25, 0.3) is 0 Å². The summed E-state index contributed by atoms with van der Waals surface area (Å²) in [6.45, 7) is 4.28. The molecule has 0 bridgehead atoms. The molecule has 1 aliphatic heterocycles. The molecule has 2 rings (SSSR count). The lowest BCUT2D eigenvalue weighted by atomic mass is 9.94. The van der Waals surface area contributed by atoms with Crippen molar-refractivity contribution in [2.75, 3.05) is 7.11 Å². The lowest BCUT2D eigenvalue weighted by Gasteiger charge is -2.43. The van der Waals surface area contributed by atoms with Crippen LogP contribution >= 0.6 is 0 Å². The number of hydrogen-bond acceptors (Lipinski definition) is 8. The van der Waals surface area contributed by atoms with E-state index in [1.807, 2.05) is 30.3 Å². The van der Waals surface area contributed by atoms with Crippen molar-refractivity contribution in [2.24, 2.45) is 0 Å². The maximum absolute atomic E-state index is 12.2. The van der Waals surface area contributed by atoms with Crippen LogP contribution in [-0.4, -0.2) is 55.5 Å². The number of carbonyl (C=O) groups excluding carboxylic acids is 3. The summed E-state index contributed by atoms with van der Waals surface area (Å²) in [7, 11) is 1.21. The second kappa shape index (κ2) is 9.48. The minimum Gasteiger partial charge on any atom is -0.467 e. The minimum atomic E-state index is -1.19. The van der Waals surface area contributed by atoms with Crippen molar-refractivity contribution in [3.05, 3.63) is 35.9 Å². The van der Waals surface area contributed by atoms with Crippen molar-refractivity contribution in [1.82, 2.24) is 0 Å². The fourth-order valence-corrected chi connectivity index (χ4v) is 2.95. The number of rotatable bonds is 6. The quantitative estimate of drug-likeness (QED) is 0.540. The molecule has 1 aliphatic rings. The Bertz CT molecular complexity index is 659. The van der Waals surface area contributed by atoms with Gasteiger partial charge in [0.2, 0.25) is 0 Å². The maximum atomic E-state index is 12.2. The highest BCUT2D eigenvalue weighted by molar-refractivity contribution is 5.77. The summed E-state index contributed by atoms with van der Waals surface area (Å²) < 4.78 is 27.0. The zero-order valence-corrected chi connectivity index (χ0v) is 15.7. The third-order valence-electron chi connectivity index (χ3n) is 4.09. The molecule has 0 spiro atoms. The number of ether oxygens (including phenoxy) is 5. The predicted octanol–water partition coefficient (Wildman–Crippen LogP) is 1.40. The van der Waals surface area contributed by atoms with Gasteiger partial charge >= 0.3 is 17.9 Å². The van der Waals surface area contributed by atoms with E-state index in [0.29, 0.717) is 0 Å². The average Bonchev–Trinajstić information content (AvgIpc) is 2.63. The van der Waals surface area contributed by atoms with E-state index in [2.05, 4.69) is 0 Å². The molecular formula is C19H24O8. The van der Waals surface area contributed by atoms with Gasteiger partial charge in [-0.25, -0.2) is 4.79 Å². The van der Waals surface area contributed by atoms with Crippen LogP contribution in [0.2, 0.25) is 0 Å². The van der Waals surface area contributed by atoms with Crippen molar-refractivity contribution < 1.29 is 38.1 Å². The van der Waals surface area contributed by atoms with E-state index in [-0.39, 0.29) is 6.61 Å². The fourth-order valence-electron chi connectivity index (χ4n) is 2.95. The highest BCUT2D eigenvalue weighted by Crippen LogP contribution is 2.29. The topological polar surface area (TPSA) is 97.4 Å². The molecule has 0 aromatic heterocycles. The molecule has 8 heteroatoms. The van der Waals surface area contributed by atoms with Crippen LogP contribution in [0, 0.1) is 0 Å². The zero-order chi connectivity index (χ0) is 20.0. The normalized spacial score (nSPS) is 27.5. The van der Waals surface area contributed by atoms with Crippen LogP contribution in [0.4, 0.5) is 0 Å². The first-order valence-electron chi connectivity index (χ1n) is 8.56. The van der Waals surface area contributed by atoms with Crippen molar-refractivity contribution in [3.8, 4) is 0 Å². The summed E-state index contributed by atoms with van der Waals surface area (Å²) in [4.78, 5) is 35.3. The van der Waals surface area contributed by atoms with Gasteiger partial charge in [-0.05, 0) is 12.5 Å². The van der Waals surface area contributed by atoms with E-state index in [9.17, 15) is 14.4 Å². The summed E-state index contributed by atoms with van der Waals surface area (Å²) in [5.74, 6) is -1.87. The third-order valence-corrected chi connectivity index (χ3v) is 4.09. The molecule has 5 atom stereocenters. The van der Waals surface area contributed by atoms with E-state index >= 15 is 0 Å². The van der Waals surface area contributed by atoms with Gasteiger partial charge in [0, 0.05) is 13.8 Å². The summed E-state index contributed by atoms with van der Waals surface area (Å²) in [5.41, 5.74) is 0.870. The number of methoxy groups -OCH3 is 1. The van der Waals surface area contributed by atoms with Crippen molar-refractivity contribution >= 4 is 17.9 Å². The Hall–Kier alpha value is -2.45. The monoisotopic (exact) mass is 380 g/mol. The van der Waals surface area contributed by atoms with Crippen LogP contribution < -0.4 is 0 Å². The molecule has 0 N–H and O–H groups in total. The Morgan fingerprint density at radius 2 is 1.56 bits per heavy atom. The zero-order valence-electron chi connectivity index (χ0n) is 15.7. The predicted molar refractivity (Wildman–Crippen MR) is 92.5 cm³/mol. The van der Waals surface area contributed by atoms with Crippen LogP contribution in [-0.2, 0) is 44.7 Å². The molecule has 8 nitrogen and oxygen atoms in total. The average molecular weight is 380 g/mol. The Morgan fingerprint density at radius 1 is 0.963 bits per heavy atom. The van der Waals surface area contributed by atoms with Gasteiger partial charge in [0.1, 0.15) is 6.10 Å². The number of carbonyl (C=O) groups is 3. The maximum Gasteiger partial charge on any atom is 0.339 e. The number of hydrogen-bond donors (Lipinski definition) is 0. The van der Waals surface area contributed by atoms with E-state index in [1.54, 1.807) is 6.92 Å². The first-order valence-corrected chi connectivity index (χ1v) is 8.56. The molecule has 0 amide bonds. The molecule has 1 saturated heterocycles. The van der Waals surface area contributed by atoms with Crippen LogP contribution in [0.3, 0.4) is 0 Å². The van der Waals surface area contributed by atoms with Gasteiger partial charge in [-0.2, -0.15) is 0 Å². The van der Waals surface area contributed by atoms with Crippen LogP contribution in [0.25, 0.3) is 0 Å². The number of benzene rings is 1. The Balaban J connectivity index is 2.32. The molecule has 1 unspecified atom stereocenters. The van der Waals surface area contributed by atoms with Gasteiger partial charge in [-0.3, -0.25) is 9.59 Å². The second-order valence-electron chi connectivity index (χ2n) is 6.19. The molecule has 1 aromatic rings. The lowest BCUT2D eigenvalue weighted by molar-refractivity contribution is -0.250.